The number of ketones is 1. The third-order valence-electron chi connectivity index (χ3n) is 2.26. The van der Waals surface area contributed by atoms with Crippen molar-refractivity contribution in [2.45, 2.75) is 19.8 Å². The summed E-state index contributed by atoms with van der Waals surface area (Å²) in [6.45, 7) is 2.52. The molecule has 15 heavy (non-hydrogen) atoms. The van der Waals surface area contributed by atoms with Gasteiger partial charge in [0.25, 0.3) is 0 Å². The number of carbonyl (C=O) groups is 1. The summed E-state index contributed by atoms with van der Waals surface area (Å²) >= 11 is 7.41. The molecule has 1 aromatic heterocycles. The lowest BCUT2D eigenvalue weighted by Gasteiger charge is -2.12. The van der Waals surface area contributed by atoms with E-state index in [9.17, 15) is 4.79 Å². The van der Waals surface area contributed by atoms with Crippen LogP contribution < -0.4 is 0 Å². The molecule has 0 N–H and O–H groups in total. The van der Waals surface area contributed by atoms with Gasteiger partial charge in [0.05, 0.1) is 16.5 Å². The Bertz CT molecular complexity index is 420. The lowest BCUT2D eigenvalue weighted by Crippen LogP contribution is -2.10. The first kappa shape index (κ1) is 10.7. The van der Waals surface area contributed by atoms with Gasteiger partial charge in [-0.1, -0.05) is 11.6 Å². The third kappa shape index (κ3) is 2.08. The summed E-state index contributed by atoms with van der Waals surface area (Å²) in [5.74, 6) is 0.364. The number of carbonyl (C=O) groups excluding carboxylic acids is 1. The standard InChI is InChI=1S/C11H11ClO2S/c1-7-6-15-11(9(7)12)10(13)8-4-2-3-5-14-8/h4,6H,2-3,5H2,1H3. The second-order valence-corrected chi connectivity index (χ2v) is 4.71. The average Bonchev–Trinajstić information content (AvgIpc) is 2.60. The fraction of sp³-hybridized carbons (Fsp3) is 0.364. The van der Waals surface area contributed by atoms with Crippen LogP contribution in [0, 0.1) is 6.92 Å². The Hall–Kier alpha value is -0.800. The second kappa shape index (κ2) is 4.37. The Morgan fingerprint density at radius 1 is 1.60 bits per heavy atom. The van der Waals surface area contributed by atoms with Gasteiger partial charge < -0.3 is 4.74 Å². The van der Waals surface area contributed by atoms with Crippen molar-refractivity contribution in [3.63, 3.8) is 0 Å². The summed E-state index contributed by atoms with van der Waals surface area (Å²) in [5, 5.41) is 2.44. The van der Waals surface area contributed by atoms with E-state index < -0.39 is 0 Å². The largest absolute Gasteiger partial charge is 0.490 e. The minimum atomic E-state index is -0.0854. The van der Waals surface area contributed by atoms with Crippen LogP contribution in [0.3, 0.4) is 0 Å². The number of halogens is 1. The first-order valence-electron chi connectivity index (χ1n) is 4.81. The van der Waals surface area contributed by atoms with Gasteiger partial charge in [-0.3, -0.25) is 4.79 Å². The van der Waals surface area contributed by atoms with E-state index in [4.69, 9.17) is 16.3 Å². The molecule has 1 aromatic rings. The van der Waals surface area contributed by atoms with E-state index >= 15 is 0 Å². The van der Waals surface area contributed by atoms with Gasteiger partial charge in [-0.15, -0.1) is 11.3 Å². The average molecular weight is 243 g/mol. The molecule has 0 aliphatic carbocycles. The quantitative estimate of drug-likeness (QED) is 0.741. The molecule has 0 unspecified atom stereocenters. The number of allylic oxidation sites excluding steroid dienone is 2. The fourth-order valence-electron chi connectivity index (χ4n) is 1.41. The number of Topliss-reactive ketones (excluding diaryl/α,β-unsaturated/α-hetero) is 1. The first-order chi connectivity index (χ1) is 7.20. The van der Waals surface area contributed by atoms with Gasteiger partial charge in [0.2, 0.25) is 5.78 Å². The highest BCUT2D eigenvalue weighted by Gasteiger charge is 2.21. The minimum Gasteiger partial charge on any atom is -0.490 e. The van der Waals surface area contributed by atoms with Crippen molar-refractivity contribution in [2.24, 2.45) is 0 Å². The van der Waals surface area contributed by atoms with Crippen LogP contribution in [-0.4, -0.2) is 12.4 Å². The molecule has 1 aliphatic rings. The van der Waals surface area contributed by atoms with Gasteiger partial charge in [-0.2, -0.15) is 0 Å². The molecule has 2 nitrogen and oxygen atoms in total. The lowest BCUT2D eigenvalue weighted by atomic mass is 10.1. The molecule has 0 bridgehead atoms. The van der Waals surface area contributed by atoms with Gasteiger partial charge in [-0.05, 0) is 36.8 Å². The van der Waals surface area contributed by atoms with Crippen LogP contribution in [0.4, 0.5) is 0 Å². The molecule has 1 aliphatic heterocycles. The summed E-state index contributed by atoms with van der Waals surface area (Å²) < 4.78 is 5.32. The van der Waals surface area contributed by atoms with E-state index in [-0.39, 0.29) is 5.78 Å². The summed E-state index contributed by atoms with van der Waals surface area (Å²) in [7, 11) is 0. The van der Waals surface area contributed by atoms with Crippen LogP contribution in [0.2, 0.25) is 5.02 Å². The second-order valence-electron chi connectivity index (χ2n) is 3.45. The molecule has 0 radical (unpaired) electrons. The van der Waals surface area contributed by atoms with Crippen molar-refractivity contribution >= 4 is 28.7 Å². The maximum Gasteiger partial charge on any atom is 0.238 e. The van der Waals surface area contributed by atoms with Gasteiger partial charge in [-0.25, -0.2) is 0 Å². The Morgan fingerprint density at radius 2 is 2.40 bits per heavy atom. The Morgan fingerprint density at radius 3 is 2.93 bits per heavy atom. The highest BCUT2D eigenvalue weighted by atomic mass is 35.5. The summed E-state index contributed by atoms with van der Waals surface area (Å²) in [5.41, 5.74) is 0.946. The Kier molecular flexibility index (Phi) is 3.12. The molecule has 0 fully saturated rings. The monoisotopic (exact) mass is 242 g/mol. The van der Waals surface area contributed by atoms with Crippen molar-refractivity contribution in [3.05, 3.63) is 32.7 Å². The van der Waals surface area contributed by atoms with Crippen molar-refractivity contribution in [1.82, 2.24) is 0 Å². The SMILES string of the molecule is Cc1csc(C(=O)C2=CCCCO2)c1Cl. The van der Waals surface area contributed by atoms with Crippen LogP contribution in [0.1, 0.15) is 28.1 Å². The highest BCUT2D eigenvalue weighted by molar-refractivity contribution is 7.13. The number of rotatable bonds is 2. The number of thiophene rings is 1. The molecule has 80 valence electrons. The number of ether oxygens (including phenoxy) is 1. The zero-order valence-corrected chi connectivity index (χ0v) is 9.95. The molecule has 0 saturated heterocycles. The molecule has 0 aromatic carbocycles. The van der Waals surface area contributed by atoms with Crippen molar-refractivity contribution in [2.75, 3.05) is 6.61 Å². The van der Waals surface area contributed by atoms with Gasteiger partial charge in [0.1, 0.15) is 0 Å². The van der Waals surface area contributed by atoms with Gasteiger partial charge in [0.15, 0.2) is 5.76 Å². The van der Waals surface area contributed by atoms with Crippen LogP contribution in [0.5, 0.6) is 0 Å². The fourth-order valence-corrected chi connectivity index (χ4v) is 2.63. The molecular weight excluding hydrogens is 232 g/mol. The third-order valence-corrected chi connectivity index (χ3v) is 3.96. The van der Waals surface area contributed by atoms with E-state index in [0.717, 1.165) is 18.4 Å². The zero-order valence-electron chi connectivity index (χ0n) is 8.38. The van der Waals surface area contributed by atoms with E-state index in [1.807, 2.05) is 18.4 Å². The predicted octanol–water partition coefficient (Wildman–Crippen LogP) is 3.59. The van der Waals surface area contributed by atoms with Crippen LogP contribution in [-0.2, 0) is 4.74 Å². The number of hydrogen-bond acceptors (Lipinski definition) is 3. The minimum absolute atomic E-state index is 0.0854. The summed E-state index contributed by atoms with van der Waals surface area (Å²) in [6.07, 6.45) is 3.73. The van der Waals surface area contributed by atoms with E-state index in [1.165, 1.54) is 11.3 Å². The Labute approximate surface area is 97.5 Å². The smallest absolute Gasteiger partial charge is 0.238 e. The molecular formula is C11H11ClO2S. The number of aryl methyl sites for hydroxylation is 1. The Balaban J connectivity index is 2.28. The molecule has 2 rings (SSSR count). The normalized spacial score (nSPS) is 15.7. The molecule has 0 atom stereocenters. The first-order valence-corrected chi connectivity index (χ1v) is 6.07. The number of hydrogen-bond donors (Lipinski definition) is 0. The van der Waals surface area contributed by atoms with Gasteiger partial charge >= 0.3 is 0 Å². The molecule has 0 spiro atoms. The molecule has 4 heteroatoms. The predicted molar refractivity (Wildman–Crippen MR) is 61.7 cm³/mol. The summed E-state index contributed by atoms with van der Waals surface area (Å²) in [6, 6.07) is 0. The van der Waals surface area contributed by atoms with E-state index in [1.54, 1.807) is 0 Å². The van der Waals surface area contributed by atoms with Crippen molar-refractivity contribution < 1.29 is 9.53 Å². The highest BCUT2D eigenvalue weighted by Crippen LogP contribution is 2.30. The summed E-state index contributed by atoms with van der Waals surface area (Å²) in [4.78, 5) is 12.6. The van der Waals surface area contributed by atoms with Crippen molar-refractivity contribution in [1.29, 1.82) is 0 Å². The van der Waals surface area contributed by atoms with Gasteiger partial charge in [0, 0.05) is 0 Å². The topological polar surface area (TPSA) is 26.3 Å². The maximum atomic E-state index is 12.0. The van der Waals surface area contributed by atoms with Crippen molar-refractivity contribution in [3.8, 4) is 0 Å². The zero-order chi connectivity index (χ0) is 10.8. The van der Waals surface area contributed by atoms with Crippen LogP contribution in [0.15, 0.2) is 17.2 Å². The molecule has 2 heterocycles. The maximum absolute atomic E-state index is 12.0. The van der Waals surface area contributed by atoms with E-state index in [0.29, 0.717) is 22.3 Å². The lowest BCUT2D eigenvalue weighted by molar-refractivity contribution is 0.0903. The van der Waals surface area contributed by atoms with Crippen LogP contribution >= 0.6 is 22.9 Å². The molecule has 0 saturated carbocycles. The van der Waals surface area contributed by atoms with E-state index in [2.05, 4.69) is 0 Å². The van der Waals surface area contributed by atoms with Crippen LogP contribution in [0.25, 0.3) is 0 Å². The molecule has 0 amide bonds.